The van der Waals surface area contributed by atoms with Gasteiger partial charge in [0.1, 0.15) is 0 Å². The zero-order valence-corrected chi connectivity index (χ0v) is 14.9. The summed E-state index contributed by atoms with van der Waals surface area (Å²) in [5, 5.41) is 23.8. The van der Waals surface area contributed by atoms with Crippen molar-refractivity contribution in [3.8, 4) is 0 Å². The van der Waals surface area contributed by atoms with Crippen molar-refractivity contribution < 1.29 is 14.5 Å². The molecule has 0 aliphatic rings. The Balaban J connectivity index is 1.55. The van der Waals surface area contributed by atoms with Crippen LogP contribution < -0.4 is 10.6 Å². The molecule has 0 fully saturated rings. The van der Waals surface area contributed by atoms with Crippen molar-refractivity contribution in [2.24, 2.45) is 7.05 Å². The van der Waals surface area contributed by atoms with Crippen molar-refractivity contribution in [1.82, 2.24) is 19.6 Å². The van der Waals surface area contributed by atoms with Crippen LogP contribution in [0.2, 0.25) is 0 Å². The van der Waals surface area contributed by atoms with Crippen LogP contribution in [0.1, 0.15) is 16.9 Å². The van der Waals surface area contributed by atoms with Gasteiger partial charge in [-0.15, -0.1) is 0 Å². The first-order chi connectivity index (χ1) is 13.4. The summed E-state index contributed by atoms with van der Waals surface area (Å²) in [6.45, 7) is 0.204. The van der Waals surface area contributed by atoms with Gasteiger partial charge in [-0.3, -0.25) is 14.3 Å². The Kier molecular flexibility index (Phi) is 5.44. The Hall–Kier alpha value is -4.02. The lowest BCUT2D eigenvalue weighted by molar-refractivity contribution is -0.389. The molecule has 2 heterocycles. The van der Waals surface area contributed by atoms with E-state index in [1.54, 1.807) is 43.6 Å². The van der Waals surface area contributed by atoms with Gasteiger partial charge in [0.15, 0.2) is 5.69 Å². The maximum Gasteiger partial charge on any atom is 0.389 e. The summed E-state index contributed by atoms with van der Waals surface area (Å²) in [5.74, 6) is -0.910. The first kappa shape index (κ1) is 18.8. The minimum Gasteiger partial charge on any atom is -0.358 e. The van der Waals surface area contributed by atoms with Crippen LogP contribution in [0, 0.1) is 10.1 Å². The fourth-order valence-electron chi connectivity index (χ4n) is 2.42. The Labute approximate surface area is 159 Å². The number of benzene rings is 1. The van der Waals surface area contributed by atoms with Crippen molar-refractivity contribution in [1.29, 1.82) is 0 Å². The summed E-state index contributed by atoms with van der Waals surface area (Å²) in [7, 11) is 1.72. The molecule has 0 spiro atoms. The van der Waals surface area contributed by atoms with Crippen molar-refractivity contribution in [2.75, 3.05) is 10.6 Å². The number of rotatable bonds is 7. The van der Waals surface area contributed by atoms with Gasteiger partial charge in [-0.1, -0.05) is 6.07 Å². The first-order valence-corrected chi connectivity index (χ1v) is 8.29. The number of carbonyl (C=O) groups excluding carboxylic acids is 2. The molecule has 11 heteroatoms. The Bertz CT molecular complexity index is 1020. The molecule has 2 amide bonds. The molecule has 0 saturated carbocycles. The molecule has 0 saturated heterocycles. The van der Waals surface area contributed by atoms with Crippen LogP contribution in [0.3, 0.4) is 0 Å². The minimum absolute atomic E-state index is 0.0867. The van der Waals surface area contributed by atoms with Gasteiger partial charge in [0.05, 0.1) is 23.9 Å². The zero-order chi connectivity index (χ0) is 20.1. The lowest BCUT2D eigenvalue weighted by Gasteiger charge is -2.08. The molecule has 0 atom stereocenters. The van der Waals surface area contributed by atoms with Crippen LogP contribution in [-0.2, 0) is 18.4 Å². The van der Waals surface area contributed by atoms with Gasteiger partial charge in [0.25, 0.3) is 5.91 Å². The molecule has 3 rings (SSSR count). The molecule has 144 valence electrons. The number of nitro groups is 1. The standard InChI is InChI=1S/C17H17N7O4/c1-22-8-5-14(20-22)17(26)19-13-4-2-3-12(11-13)18-16(25)7-10-23-9-6-15(21-23)24(27)28/h2-6,8-9,11H,7,10H2,1H3,(H,18,25)(H,19,26). The Morgan fingerprint density at radius 1 is 1.11 bits per heavy atom. The lowest BCUT2D eigenvalue weighted by Crippen LogP contribution is -2.16. The Morgan fingerprint density at radius 3 is 2.50 bits per heavy atom. The molecule has 0 unspecified atom stereocenters. The number of hydrogen-bond donors (Lipinski definition) is 2. The molecule has 0 bridgehead atoms. The van der Waals surface area contributed by atoms with E-state index in [-0.39, 0.29) is 36.3 Å². The summed E-state index contributed by atoms with van der Waals surface area (Å²) in [4.78, 5) is 34.2. The van der Waals surface area contributed by atoms with Crippen molar-refractivity contribution in [2.45, 2.75) is 13.0 Å². The molecule has 1 aromatic carbocycles. The highest BCUT2D eigenvalue weighted by molar-refractivity contribution is 6.03. The van der Waals surface area contributed by atoms with Crippen LogP contribution in [-0.4, -0.2) is 36.3 Å². The maximum absolute atomic E-state index is 12.1. The fourth-order valence-corrected chi connectivity index (χ4v) is 2.42. The summed E-state index contributed by atoms with van der Waals surface area (Å²) in [6, 6.07) is 9.57. The van der Waals surface area contributed by atoms with E-state index in [1.165, 1.54) is 21.6 Å². The largest absolute Gasteiger partial charge is 0.389 e. The third-order valence-corrected chi connectivity index (χ3v) is 3.73. The molecular formula is C17H17N7O4. The molecule has 3 aromatic rings. The average Bonchev–Trinajstić information content (AvgIpc) is 3.29. The van der Waals surface area contributed by atoms with E-state index in [0.717, 1.165) is 0 Å². The topological polar surface area (TPSA) is 137 Å². The highest BCUT2D eigenvalue weighted by atomic mass is 16.6. The van der Waals surface area contributed by atoms with Gasteiger partial charge in [0, 0.05) is 31.0 Å². The number of nitrogens with zero attached hydrogens (tertiary/aromatic N) is 5. The number of carbonyl (C=O) groups is 2. The van der Waals surface area contributed by atoms with Crippen LogP contribution in [0.15, 0.2) is 48.8 Å². The maximum atomic E-state index is 12.1. The molecule has 11 nitrogen and oxygen atoms in total. The summed E-state index contributed by atoms with van der Waals surface area (Å²) in [6.07, 6.45) is 3.20. The number of aryl methyl sites for hydroxylation is 2. The number of hydrogen-bond acceptors (Lipinski definition) is 6. The SMILES string of the molecule is Cn1ccc(C(=O)Nc2cccc(NC(=O)CCn3ccc([N+](=O)[O-])n3)c2)n1. The number of aromatic nitrogens is 4. The van der Waals surface area contributed by atoms with E-state index in [1.807, 2.05) is 0 Å². The smallest absolute Gasteiger partial charge is 0.358 e. The molecule has 0 radical (unpaired) electrons. The van der Waals surface area contributed by atoms with Crippen molar-refractivity contribution in [3.63, 3.8) is 0 Å². The molecule has 2 aromatic heterocycles. The van der Waals surface area contributed by atoms with Crippen LogP contribution in [0.5, 0.6) is 0 Å². The van der Waals surface area contributed by atoms with Gasteiger partial charge in [-0.25, -0.2) is 0 Å². The third kappa shape index (κ3) is 4.78. The normalized spacial score (nSPS) is 10.5. The second-order valence-corrected chi connectivity index (χ2v) is 5.90. The van der Waals surface area contributed by atoms with E-state index in [9.17, 15) is 19.7 Å². The number of anilines is 2. The highest BCUT2D eigenvalue weighted by Crippen LogP contribution is 2.16. The number of nitrogens with one attached hydrogen (secondary N) is 2. The van der Waals surface area contributed by atoms with Gasteiger partial charge in [-0.2, -0.15) is 9.78 Å². The van der Waals surface area contributed by atoms with Gasteiger partial charge in [0.2, 0.25) is 5.91 Å². The van der Waals surface area contributed by atoms with Crippen molar-refractivity contribution >= 4 is 29.0 Å². The van der Waals surface area contributed by atoms with Crippen molar-refractivity contribution in [3.05, 3.63) is 64.6 Å². The summed E-state index contributed by atoms with van der Waals surface area (Å²) in [5.41, 5.74) is 1.30. The van der Waals surface area contributed by atoms with Crippen LogP contribution in [0.25, 0.3) is 0 Å². The molecule has 0 aliphatic carbocycles. The predicted octanol–water partition coefficient (Wildman–Crippen LogP) is 1.81. The Morgan fingerprint density at radius 2 is 1.86 bits per heavy atom. The number of amides is 2. The quantitative estimate of drug-likeness (QED) is 0.471. The van der Waals surface area contributed by atoms with Gasteiger partial charge in [-0.05, 0) is 29.2 Å². The first-order valence-electron chi connectivity index (χ1n) is 8.29. The van der Waals surface area contributed by atoms with E-state index in [2.05, 4.69) is 20.8 Å². The molecular weight excluding hydrogens is 366 g/mol. The summed E-state index contributed by atoms with van der Waals surface area (Å²) >= 11 is 0. The van der Waals surface area contributed by atoms with E-state index in [0.29, 0.717) is 11.4 Å². The summed E-state index contributed by atoms with van der Waals surface area (Å²) < 4.78 is 2.86. The zero-order valence-electron chi connectivity index (χ0n) is 14.9. The van der Waals surface area contributed by atoms with E-state index < -0.39 is 4.92 Å². The van der Waals surface area contributed by atoms with Gasteiger partial charge >= 0.3 is 5.82 Å². The second kappa shape index (κ2) is 8.12. The predicted molar refractivity (Wildman–Crippen MR) is 99.7 cm³/mol. The molecule has 28 heavy (non-hydrogen) atoms. The van der Waals surface area contributed by atoms with Gasteiger partial charge < -0.3 is 20.7 Å². The minimum atomic E-state index is -0.596. The highest BCUT2D eigenvalue weighted by Gasteiger charge is 2.13. The van der Waals surface area contributed by atoms with Crippen LogP contribution >= 0.6 is 0 Å². The van der Waals surface area contributed by atoms with E-state index in [4.69, 9.17) is 0 Å². The second-order valence-electron chi connectivity index (χ2n) is 5.90. The monoisotopic (exact) mass is 383 g/mol. The fraction of sp³-hybridized carbons (Fsp3) is 0.176. The molecule has 2 N–H and O–H groups in total. The lowest BCUT2D eigenvalue weighted by atomic mass is 10.2. The average molecular weight is 383 g/mol. The van der Waals surface area contributed by atoms with E-state index >= 15 is 0 Å². The third-order valence-electron chi connectivity index (χ3n) is 3.73. The van der Waals surface area contributed by atoms with Crippen LogP contribution in [0.4, 0.5) is 17.2 Å². The molecule has 0 aliphatic heterocycles.